The monoisotopic (exact) mass is 334 g/mol. The van der Waals surface area contributed by atoms with Gasteiger partial charge in [-0.2, -0.15) is 0 Å². The maximum Gasteiger partial charge on any atom is 0.220 e. The quantitative estimate of drug-likeness (QED) is 0.778. The fourth-order valence-electron chi connectivity index (χ4n) is 3.57. The van der Waals surface area contributed by atoms with E-state index in [4.69, 9.17) is 4.98 Å². The number of benzene rings is 1. The molecule has 0 spiro atoms. The summed E-state index contributed by atoms with van der Waals surface area (Å²) >= 11 is 0. The van der Waals surface area contributed by atoms with E-state index in [2.05, 4.69) is 14.9 Å². The Morgan fingerprint density at radius 2 is 1.92 bits per heavy atom. The zero-order chi connectivity index (χ0) is 17.1. The van der Waals surface area contributed by atoms with Crippen molar-refractivity contribution in [3.8, 4) is 5.69 Å². The van der Waals surface area contributed by atoms with E-state index in [1.807, 2.05) is 42.5 Å². The molecule has 1 aliphatic carbocycles. The van der Waals surface area contributed by atoms with E-state index in [0.717, 1.165) is 35.5 Å². The van der Waals surface area contributed by atoms with Gasteiger partial charge in [-0.3, -0.25) is 9.36 Å². The number of carbonyl (C=O) groups excluding carboxylic acids is 1. The number of fused-ring (bicyclic) bond motifs is 1. The molecule has 2 heterocycles. The molecule has 4 rings (SSSR count). The summed E-state index contributed by atoms with van der Waals surface area (Å²) in [4.78, 5) is 21.5. The number of para-hydroxylation sites is 1. The lowest BCUT2D eigenvalue weighted by atomic mass is 10.2. The lowest BCUT2D eigenvalue weighted by molar-refractivity contribution is -0.121. The number of aromatic nitrogens is 3. The Balaban J connectivity index is 1.57. The highest BCUT2D eigenvalue weighted by Crippen LogP contribution is 2.21. The van der Waals surface area contributed by atoms with Gasteiger partial charge in [-0.25, -0.2) is 9.97 Å². The van der Waals surface area contributed by atoms with Crippen LogP contribution in [0, 0.1) is 0 Å². The molecule has 0 saturated heterocycles. The van der Waals surface area contributed by atoms with E-state index >= 15 is 0 Å². The van der Waals surface area contributed by atoms with E-state index in [0.29, 0.717) is 18.9 Å². The van der Waals surface area contributed by atoms with Crippen molar-refractivity contribution in [3.05, 3.63) is 54.5 Å². The lowest BCUT2D eigenvalue weighted by Gasteiger charge is -2.12. The van der Waals surface area contributed by atoms with Gasteiger partial charge in [0, 0.05) is 30.8 Å². The minimum atomic E-state index is 0.117. The van der Waals surface area contributed by atoms with Crippen LogP contribution < -0.4 is 5.32 Å². The number of amides is 1. The molecule has 1 aliphatic rings. The molecule has 3 aromatic rings. The maximum absolute atomic E-state index is 12.3. The van der Waals surface area contributed by atoms with Gasteiger partial charge in [-0.1, -0.05) is 31.0 Å². The second-order valence-electron chi connectivity index (χ2n) is 6.59. The van der Waals surface area contributed by atoms with Crippen LogP contribution in [0.3, 0.4) is 0 Å². The first-order chi connectivity index (χ1) is 12.3. The molecule has 2 aromatic heterocycles. The molecule has 1 amide bonds. The third kappa shape index (κ3) is 3.40. The zero-order valence-electron chi connectivity index (χ0n) is 14.2. The van der Waals surface area contributed by atoms with Crippen LogP contribution in [0.2, 0.25) is 0 Å². The summed E-state index contributed by atoms with van der Waals surface area (Å²) in [5.74, 6) is 0.994. The van der Waals surface area contributed by atoms with Crippen molar-refractivity contribution in [3.63, 3.8) is 0 Å². The lowest BCUT2D eigenvalue weighted by Crippen LogP contribution is -2.32. The van der Waals surface area contributed by atoms with Crippen molar-refractivity contribution >= 4 is 17.1 Å². The van der Waals surface area contributed by atoms with Crippen LogP contribution in [-0.2, 0) is 11.2 Å². The Labute approximate surface area is 147 Å². The van der Waals surface area contributed by atoms with Crippen molar-refractivity contribution in [1.82, 2.24) is 19.9 Å². The van der Waals surface area contributed by atoms with E-state index in [1.165, 1.54) is 12.8 Å². The topological polar surface area (TPSA) is 59.8 Å². The zero-order valence-corrected chi connectivity index (χ0v) is 14.2. The number of aryl methyl sites for hydroxylation is 1. The van der Waals surface area contributed by atoms with Crippen LogP contribution in [0.15, 0.2) is 48.7 Å². The predicted molar refractivity (Wildman–Crippen MR) is 97.6 cm³/mol. The van der Waals surface area contributed by atoms with Crippen molar-refractivity contribution < 1.29 is 4.79 Å². The highest BCUT2D eigenvalue weighted by atomic mass is 16.1. The minimum absolute atomic E-state index is 0.117. The summed E-state index contributed by atoms with van der Waals surface area (Å²) in [6.07, 6.45) is 7.49. The Kier molecular flexibility index (Phi) is 4.46. The summed E-state index contributed by atoms with van der Waals surface area (Å²) < 4.78 is 2.05. The van der Waals surface area contributed by atoms with Gasteiger partial charge in [0.2, 0.25) is 5.91 Å². The molecule has 5 heteroatoms. The molecular formula is C20H22N4O. The average Bonchev–Trinajstić information content (AvgIpc) is 3.27. The average molecular weight is 334 g/mol. The summed E-state index contributed by atoms with van der Waals surface area (Å²) in [6, 6.07) is 14.3. The molecule has 5 nitrogen and oxygen atoms in total. The molecule has 1 fully saturated rings. The van der Waals surface area contributed by atoms with Gasteiger partial charge in [-0.15, -0.1) is 0 Å². The number of rotatable bonds is 5. The number of imidazole rings is 1. The fraction of sp³-hybridized carbons (Fsp3) is 0.350. The first kappa shape index (κ1) is 15.8. The minimum Gasteiger partial charge on any atom is -0.353 e. The van der Waals surface area contributed by atoms with Gasteiger partial charge >= 0.3 is 0 Å². The molecule has 1 aromatic carbocycles. The van der Waals surface area contributed by atoms with Crippen molar-refractivity contribution in [2.45, 2.75) is 44.6 Å². The highest BCUT2D eigenvalue weighted by molar-refractivity contribution is 5.77. The Bertz CT molecular complexity index is 866. The molecule has 1 saturated carbocycles. The molecule has 0 bridgehead atoms. The van der Waals surface area contributed by atoms with E-state index < -0.39 is 0 Å². The molecule has 0 atom stereocenters. The van der Waals surface area contributed by atoms with Gasteiger partial charge in [0.05, 0.1) is 0 Å². The summed E-state index contributed by atoms with van der Waals surface area (Å²) in [5.41, 5.74) is 2.72. The summed E-state index contributed by atoms with van der Waals surface area (Å²) in [7, 11) is 0. The van der Waals surface area contributed by atoms with Gasteiger partial charge in [0.15, 0.2) is 5.65 Å². The standard InChI is InChI=1S/C20H22N4O/c25-19(22-15-7-4-5-8-15)13-12-18-23-17-11-6-14-21-20(17)24(18)16-9-2-1-3-10-16/h1-3,6,9-11,14-15H,4-5,7-8,12-13H2,(H,22,25). The second kappa shape index (κ2) is 7.05. The number of nitrogens with one attached hydrogen (secondary N) is 1. The van der Waals surface area contributed by atoms with Gasteiger partial charge < -0.3 is 5.32 Å². The molecule has 0 unspecified atom stereocenters. The number of nitrogens with zero attached hydrogens (tertiary/aromatic N) is 3. The predicted octanol–water partition coefficient (Wildman–Crippen LogP) is 3.41. The molecule has 0 radical (unpaired) electrons. The number of pyridine rings is 1. The van der Waals surface area contributed by atoms with Crippen LogP contribution in [0.25, 0.3) is 16.9 Å². The SMILES string of the molecule is O=C(CCc1nc2cccnc2n1-c1ccccc1)NC1CCCC1. The second-order valence-corrected chi connectivity index (χ2v) is 6.59. The molecule has 128 valence electrons. The van der Waals surface area contributed by atoms with E-state index in [-0.39, 0.29) is 5.91 Å². The fourth-order valence-corrected chi connectivity index (χ4v) is 3.57. The third-order valence-electron chi connectivity index (χ3n) is 4.80. The molecule has 1 N–H and O–H groups in total. The number of hydrogen-bond donors (Lipinski definition) is 1. The van der Waals surface area contributed by atoms with Crippen molar-refractivity contribution in [1.29, 1.82) is 0 Å². The molecule has 25 heavy (non-hydrogen) atoms. The largest absolute Gasteiger partial charge is 0.353 e. The van der Waals surface area contributed by atoms with Crippen molar-refractivity contribution in [2.24, 2.45) is 0 Å². The van der Waals surface area contributed by atoms with Crippen LogP contribution in [0.1, 0.15) is 37.9 Å². The van der Waals surface area contributed by atoms with Crippen LogP contribution >= 0.6 is 0 Å². The number of hydrogen-bond acceptors (Lipinski definition) is 3. The third-order valence-corrected chi connectivity index (χ3v) is 4.80. The van der Waals surface area contributed by atoms with Crippen molar-refractivity contribution in [2.75, 3.05) is 0 Å². The van der Waals surface area contributed by atoms with Crippen LogP contribution in [0.5, 0.6) is 0 Å². The normalized spacial score (nSPS) is 14.9. The van der Waals surface area contributed by atoms with Crippen LogP contribution in [0.4, 0.5) is 0 Å². The van der Waals surface area contributed by atoms with E-state index in [1.54, 1.807) is 6.20 Å². The highest BCUT2D eigenvalue weighted by Gasteiger charge is 2.18. The van der Waals surface area contributed by atoms with Gasteiger partial charge in [-0.05, 0) is 37.1 Å². The smallest absolute Gasteiger partial charge is 0.220 e. The molecular weight excluding hydrogens is 312 g/mol. The first-order valence-corrected chi connectivity index (χ1v) is 8.98. The van der Waals surface area contributed by atoms with E-state index in [9.17, 15) is 4.79 Å². The molecule has 0 aliphatic heterocycles. The van der Waals surface area contributed by atoms with Gasteiger partial charge in [0.25, 0.3) is 0 Å². The Morgan fingerprint density at radius 1 is 1.12 bits per heavy atom. The van der Waals surface area contributed by atoms with Crippen LogP contribution in [-0.4, -0.2) is 26.5 Å². The van der Waals surface area contributed by atoms with Gasteiger partial charge in [0.1, 0.15) is 11.3 Å². The number of carbonyl (C=O) groups is 1. The maximum atomic E-state index is 12.3. The first-order valence-electron chi connectivity index (χ1n) is 8.98. The Hall–Kier alpha value is -2.69. The summed E-state index contributed by atoms with van der Waals surface area (Å²) in [5, 5.41) is 3.15. The Morgan fingerprint density at radius 3 is 2.72 bits per heavy atom. The summed E-state index contributed by atoms with van der Waals surface area (Å²) in [6.45, 7) is 0.